The zero-order valence-electron chi connectivity index (χ0n) is 11.8. The number of rotatable bonds is 5. The highest BCUT2D eigenvalue weighted by atomic mass is 16.6. The first kappa shape index (κ1) is 14.0. The predicted octanol–water partition coefficient (Wildman–Crippen LogP) is 3.06. The van der Waals surface area contributed by atoms with Gasteiger partial charge in [0, 0.05) is 30.6 Å². The van der Waals surface area contributed by atoms with Crippen LogP contribution in [0, 0.1) is 10.1 Å². The quantitative estimate of drug-likeness (QED) is 0.671. The van der Waals surface area contributed by atoms with Gasteiger partial charge in [0.1, 0.15) is 0 Å². The summed E-state index contributed by atoms with van der Waals surface area (Å²) in [5, 5.41) is 18.5. The smallest absolute Gasteiger partial charge is 0.274 e. The minimum atomic E-state index is -0.335. The highest BCUT2D eigenvalue weighted by Crippen LogP contribution is 2.26. The zero-order chi connectivity index (χ0) is 14.7. The van der Waals surface area contributed by atoms with Crippen LogP contribution in [0.5, 0.6) is 0 Å². The van der Waals surface area contributed by atoms with Crippen molar-refractivity contribution in [3.8, 4) is 0 Å². The number of aromatic nitrogens is 2. The van der Waals surface area contributed by atoms with E-state index in [1.807, 2.05) is 33.0 Å². The Morgan fingerprint density at radius 1 is 1.45 bits per heavy atom. The number of nitro groups is 1. The standard InChI is InChI=1S/C14H18N4O2/c1-4-11-5-6-12(9-14(11)18(19)20)16-10(2)13-7-8-15-17(13)3/h5-10,16H,4H2,1-3H3. The van der Waals surface area contributed by atoms with Gasteiger partial charge in [0.2, 0.25) is 0 Å². The fourth-order valence-electron chi connectivity index (χ4n) is 2.26. The molecule has 6 nitrogen and oxygen atoms in total. The summed E-state index contributed by atoms with van der Waals surface area (Å²) >= 11 is 0. The molecule has 1 aromatic carbocycles. The molecule has 0 amide bonds. The molecule has 1 aromatic heterocycles. The fraction of sp³-hybridized carbons (Fsp3) is 0.357. The Kier molecular flexibility index (Phi) is 4.02. The van der Waals surface area contributed by atoms with Crippen LogP contribution in [0.4, 0.5) is 11.4 Å². The molecule has 1 N–H and O–H groups in total. The number of anilines is 1. The Hall–Kier alpha value is -2.37. The summed E-state index contributed by atoms with van der Waals surface area (Å²) < 4.78 is 1.78. The summed E-state index contributed by atoms with van der Waals surface area (Å²) in [5.74, 6) is 0. The van der Waals surface area contributed by atoms with E-state index >= 15 is 0 Å². The van der Waals surface area contributed by atoms with Crippen molar-refractivity contribution in [2.75, 3.05) is 5.32 Å². The molecule has 2 aromatic rings. The Bertz CT molecular complexity index is 621. The van der Waals surface area contributed by atoms with E-state index < -0.39 is 0 Å². The van der Waals surface area contributed by atoms with Crippen LogP contribution < -0.4 is 5.32 Å². The van der Waals surface area contributed by atoms with E-state index in [0.29, 0.717) is 6.42 Å². The van der Waals surface area contributed by atoms with Crippen molar-refractivity contribution in [1.82, 2.24) is 9.78 Å². The van der Waals surface area contributed by atoms with E-state index in [9.17, 15) is 10.1 Å². The Labute approximate surface area is 117 Å². The number of hydrogen-bond acceptors (Lipinski definition) is 4. The molecule has 0 bridgehead atoms. The molecule has 0 saturated carbocycles. The second kappa shape index (κ2) is 5.73. The second-order valence-electron chi connectivity index (χ2n) is 4.70. The fourth-order valence-corrected chi connectivity index (χ4v) is 2.26. The Morgan fingerprint density at radius 2 is 2.20 bits per heavy atom. The predicted molar refractivity (Wildman–Crippen MR) is 77.7 cm³/mol. The number of nitrogens with zero attached hydrogens (tertiary/aromatic N) is 3. The Morgan fingerprint density at radius 3 is 2.75 bits per heavy atom. The van der Waals surface area contributed by atoms with Gasteiger partial charge >= 0.3 is 0 Å². The average molecular weight is 274 g/mol. The monoisotopic (exact) mass is 274 g/mol. The van der Waals surface area contributed by atoms with Crippen LogP contribution in [0.1, 0.15) is 31.1 Å². The lowest BCUT2D eigenvalue weighted by Gasteiger charge is -2.16. The molecule has 2 rings (SSSR count). The van der Waals surface area contributed by atoms with Gasteiger partial charge in [0.25, 0.3) is 5.69 Å². The van der Waals surface area contributed by atoms with Crippen molar-refractivity contribution in [3.05, 3.63) is 51.8 Å². The van der Waals surface area contributed by atoms with Crippen LogP contribution in [0.3, 0.4) is 0 Å². The number of nitrogens with one attached hydrogen (secondary N) is 1. The average Bonchev–Trinajstić information content (AvgIpc) is 2.85. The van der Waals surface area contributed by atoms with Gasteiger partial charge in [-0.15, -0.1) is 0 Å². The number of hydrogen-bond donors (Lipinski definition) is 1. The second-order valence-corrected chi connectivity index (χ2v) is 4.70. The molecule has 6 heteroatoms. The molecule has 0 saturated heterocycles. The molecule has 0 radical (unpaired) electrons. The molecular formula is C14H18N4O2. The van der Waals surface area contributed by atoms with E-state index in [4.69, 9.17) is 0 Å². The first-order valence-electron chi connectivity index (χ1n) is 6.54. The van der Waals surface area contributed by atoms with Crippen molar-refractivity contribution in [1.29, 1.82) is 0 Å². The summed E-state index contributed by atoms with van der Waals surface area (Å²) in [6.45, 7) is 3.91. The van der Waals surface area contributed by atoms with Crippen LogP contribution in [-0.4, -0.2) is 14.7 Å². The Balaban J connectivity index is 2.24. The first-order valence-corrected chi connectivity index (χ1v) is 6.54. The molecule has 0 spiro atoms. The van der Waals surface area contributed by atoms with E-state index in [-0.39, 0.29) is 16.7 Å². The third-order valence-corrected chi connectivity index (χ3v) is 3.35. The zero-order valence-corrected chi connectivity index (χ0v) is 11.8. The van der Waals surface area contributed by atoms with Crippen LogP contribution in [0.2, 0.25) is 0 Å². The summed E-state index contributed by atoms with van der Waals surface area (Å²) in [5.41, 5.74) is 2.67. The third kappa shape index (κ3) is 2.79. The van der Waals surface area contributed by atoms with Gasteiger partial charge < -0.3 is 5.32 Å². The summed E-state index contributed by atoms with van der Waals surface area (Å²) in [4.78, 5) is 10.7. The van der Waals surface area contributed by atoms with Crippen LogP contribution in [0.15, 0.2) is 30.5 Å². The van der Waals surface area contributed by atoms with Crippen molar-refractivity contribution in [2.24, 2.45) is 7.05 Å². The maximum atomic E-state index is 11.1. The van der Waals surface area contributed by atoms with Crippen molar-refractivity contribution < 1.29 is 4.92 Å². The van der Waals surface area contributed by atoms with Gasteiger partial charge in [-0.2, -0.15) is 5.10 Å². The minimum absolute atomic E-state index is 0.0228. The maximum absolute atomic E-state index is 11.1. The van der Waals surface area contributed by atoms with Gasteiger partial charge in [-0.3, -0.25) is 14.8 Å². The van der Waals surface area contributed by atoms with E-state index in [1.54, 1.807) is 23.0 Å². The number of benzene rings is 1. The van der Waals surface area contributed by atoms with E-state index in [1.165, 1.54) is 0 Å². The van der Waals surface area contributed by atoms with E-state index in [2.05, 4.69) is 10.4 Å². The molecule has 1 unspecified atom stereocenters. The maximum Gasteiger partial charge on any atom is 0.274 e. The minimum Gasteiger partial charge on any atom is -0.377 e. The van der Waals surface area contributed by atoms with Crippen LogP contribution in [0.25, 0.3) is 0 Å². The molecule has 0 aliphatic carbocycles. The molecule has 0 aliphatic heterocycles. The molecule has 106 valence electrons. The van der Waals surface area contributed by atoms with Gasteiger partial charge in [0.15, 0.2) is 0 Å². The number of nitro benzene ring substituents is 1. The third-order valence-electron chi connectivity index (χ3n) is 3.35. The largest absolute Gasteiger partial charge is 0.377 e. The van der Waals surface area contributed by atoms with Crippen molar-refractivity contribution in [3.63, 3.8) is 0 Å². The molecule has 0 fully saturated rings. The lowest BCUT2D eigenvalue weighted by Crippen LogP contribution is -2.11. The molecule has 1 heterocycles. The van der Waals surface area contributed by atoms with Crippen LogP contribution >= 0.6 is 0 Å². The highest BCUT2D eigenvalue weighted by Gasteiger charge is 2.15. The lowest BCUT2D eigenvalue weighted by molar-refractivity contribution is -0.385. The first-order chi connectivity index (χ1) is 9.52. The lowest BCUT2D eigenvalue weighted by atomic mass is 10.1. The van der Waals surface area contributed by atoms with E-state index in [0.717, 1.165) is 16.9 Å². The van der Waals surface area contributed by atoms with Crippen molar-refractivity contribution in [2.45, 2.75) is 26.3 Å². The summed E-state index contributed by atoms with van der Waals surface area (Å²) in [7, 11) is 1.87. The molecular weight excluding hydrogens is 256 g/mol. The number of aryl methyl sites for hydroxylation is 2. The topological polar surface area (TPSA) is 73.0 Å². The van der Waals surface area contributed by atoms with Crippen molar-refractivity contribution >= 4 is 11.4 Å². The molecule has 1 atom stereocenters. The van der Waals surface area contributed by atoms with Gasteiger partial charge in [-0.1, -0.05) is 13.0 Å². The normalized spacial score (nSPS) is 12.2. The van der Waals surface area contributed by atoms with Gasteiger partial charge in [0.05, 0.1) is 16.7 Å². The summed E-state index contributed by atoms with van der Waals surface area (Å²) in [6, 6.07) is 7.21. The van der Waals surface area contributed by atoms with Crippen LogP contribution in [-0.2, 0) is 13.5 Å². The molecule has 0 aliphatic rings. The van der Waals surface area contributed by atoms with Gasteiger partial charge in [-0.05, 0) is 25.5 Å². The SMILES string of the molecule is CCc1ccc(NC(C)c2ccnn2C)cc1[N+](=O)[O-]. The summed E-state index contributed by atoms with van der Waals surface area (Å²) in [6.07, 6.45) is 2.38. The highest BCUT2D eigenvalue weighted by molar-refractivity contribution is 5.56. The molecule has 20 heavy (non-hydrogen) atoms. The van der Waals surface area contributed by atoms with Gasteiger partial charge in [-0.25, -0.2) is 0 Å².